The van der Waals surface area contributed by atoms with Gasteiger partial charge in [0.2, 0.25) is 0 Å². The molecule has 1 aliphatic heterocycles. The van der Waals surface area contributed by atoms with Crippen molar-refractivity contribution in [2.75, 3.05) is 14.2 Å². The summed E-state index contributed by atoms with van der Waals surface area (Å²) in [6.07, 6.45) is 0.926. The molecule has 2 unspecified atom stereocenters. The third-order valence-corrected chi connectivity index (χ3v) is 4.82. The van der Waals surface area contributed by atoms with E-state index in [0.717, 1.165) is 29.2 Å². The quantitative estimate of drug-likeness (QED) is 0.777. The van der Waals surface area contributed by atoms with E-state index in [9.17, 15) is 0 Å². The number of para-hydroxylation sites is 1. The maximum absolute atomic E-state index is 6.05. The Labute approximate surface area is 133 Å². The Morgan fingerprint density at radius 2 is 1.95 bits per heavy atom. The maximum Gasteiger partial charge on any atom is 0.123 e. The molecule has 0 fully saturated rings. The minimum atomic E-state index is 0.0370. The SMILES string of the molecule is COc1ccc(OC)c(C(Br)C2Cc3ccccc3O2)c1. The van der Waals surface area contributed by atoms with Crippen LogP contribution < -0.4 is 14.2 Å². The topological polar surface area (TPSA) is 27.7 Å². The fourth-order valence-corrected chi connectivity index (χ4v) is 3.28. The van der Waals surface area contributed by atoms with Gasteiger partial charge >= 0.3 is 0 Å². The molecule has 0 N–H and O–H groups in total. The summed E-state index contributed by atoms with van der Waals surface area (Å²) >= 11 is 3.77. The molecule has 3 nitrogen and oxygen atoms in total. The van der Waals surface area contributed by atoms with Gasteiger partial charge in [0, 0.05) is 12.0 Å². The number of hydrogen-bond donors (Lipinski definition) is 0. The van der Waals surface area contributed by atoms with Crippen LogP contribution in [0.3, 0.4) is 0 Å². The van der Waals surface area contributed by atoms with Crippen molar-refractivity contribution in [1.82, 2.24) is 0 Å². The van der Waals surface area contributed by atoms with Crippen molar-refractivity contribution in [3.63, 3.8) is 0 Å². The van der Waals surface area contributed by atoms with E-state index >= 15 is 0 Å². The van der Waals surface area contributed by atoms with Crippen LogP contribution in [0, 0.1) is 0 Å². The zero-order chi connectivity index (χ0) is 14.8. The molecule has 4 heteroatoms. The Morgan fingerprint density at radius 1 is 1.14 bits per heavy atom. The number of rotatable bonds is 4. The standard InChI is InChI=1S/C17H17BrO3/c1-19-12-7-8-15(20-2)13(10-12)17(18)16-9-11-5-3-4-6-14(11)21-16/h3-8,10,16-17H,9H2,1-2H3. The highest BCUT2D eigenvalue weighted by atomic mass is 79.9. The van der Waals surface area contributed by atoms with Gasteiger partial charge in [-0.2, -0.15) is 0 Å². The smallest absolute Gasteiger partial charge is 0.123 e. The molecule has 0 saturated carbocycles. The zero-order valence-electron chi connectivity index (χ0n) is 12.0. The van der Waals surface area contributed by atoms with E-state index in [1.165, 1.54) is 5.56 Å². The van der Waals surface area contributed by atoms with E-state index < -0.39 is 0 Å². The molecule has 0 aliphatic carbocycles. The maximum atomic E-state index is 6.05. The molecular formula is C17H17BrO3. The van der Waals surface area contributed by atoms with Crippen molar-refractivity contribution in [2.24, 2.45) is 0 Å². The van der Waals surface area contributed by atoms with Crippen LogP contribution in [-0.4, -0.2) is 20.3 Å². The Kier molecular flexibility index (Phi) is 4.06. The monoisotopic (exact) mass is 348 g/mol. The predicted molar refractivity (Wildman–Crippen MR) is 85.8 cm³/mol. The molecule has 2 aromatic rings. The van der Waals surface area contributed by atoms with E-state index in [1.54, 1.807) is 14.2 Å². The highest BCUT2D eigenvalue weighted by molar-refractivity contribution is 9.09. The van der Waals surface area contributed by atoms with Gasteiger partial charge in [-0.05, 0) is 29.8 Å². The van der Waals surface area contributed by atoms with Crippen molar-refractivity contribution in [2.45, 2.75) is 17.4 Å². The van der Waals surface area contributed by atoms with Crippen molar-refractivity contribution in [3.8, 4) is 17.2 Å². The predicted octanol–water partition coefficient (Wildman–Crippen LogP) is 4.14. The molecule has 2 aromatic carbocycles. The second-order valence-corrected chi connectivity index (χ2v) is 5.96. The molecule has 21 heavy (non-hydrogen) atoms. The second-order valence-electron chi connectivity index (χ2n) is 4.98. The molecule has 1 aliphatic rings. The van der Waals surface area contributed by atoms with Gasteiger partial charge in [-0.1, -0.05) is 34.1 Å². The number of benzene rings is 2. The van der Waals surface area contributed by atoms with E-state index in [4.69, 9.17) is 14.2 Å². The van der Waals surface area contributed by atoms with Gasteiger partial charge in [0.05, 0.1) is 19.0 Å². The highest BCUT2D eigenvalue weighted by Gasteiger charge is 2.31. The second kappa shape index (κ2) is 5.98. The lowest BCUT2D eigenvalue weighted by Crippen LogP contribution is -2.19. The largest absolute Gasteiger partial charge is 0.497 e. The van der Waals surface area contributed by atoms with Crippen LogP contribution in [0.1, 0.15) is 16.0 Å². The molecular weight excluding hydrogens is 332 g/mol. The first-order chi connectivity index (χ1) is 10.2. The number of alkyl halides is 1. The Bertz CT molecular complexity index is 617. The third-order valence-electron chi connectivity index (χ3n) is 3.73. The van der Waals surface area contributed by atoms with Crippen molar-refractivity contribution in [3.05, 3.63) is 53.6 Å². The van der Waals surface area contributed by atoms with E-state index in [-0.39, 0.29) is 10.9 Å². The summed E-state index contributed by atoms with van der Waals surface area (Å²) in [5, 5.41) is 0. The van der Waals surface area contributed by atoms with E-state index in [1.807, 2.05) is 36.4 Å². The molecule has 0 spiro atoms. The average molecular weight is 349 g/mol. The minimum absolute atomic E-state index is 0.0370. The van der Waals surface area contributed by atoms with Crippen LogP contribution in [0.2, 0.25) is 0 Å². The highest BCUT2D eigenvalue weighted by Crippen LogP contribution is 2.42. The van der Waals surface area contributed by atoms with Gasteiger partial charge in [0.25, 0.3) is 0 Å². The van der Waals surface area contributed by atoms with E-state index in [0.29, 0.717) is 0 Å². The summed E-state index contributed by atoms with van der Waals surface area (Å²) in [5.41, 5.74) is 2.28. The summed E-state index contributed by atoms with van der Waals surface area (Å²) in [6.45, 7) is 0. The van der Waals surface area contributed by atoms with Crippen LogP contribution in [-0.2, 0) is 6.42 Å². The summed E-state index contributed by atoms with van der Waals surface area (Å²) in [5.74, 6) is 2.61. The van der Waals surface area contributed by atoms with Crippen LogP contribution >= 0.6 is 15.9 Å². The lowest BCUT2D eigenvalue weighted by Gasteiger charge is -2.20. The number of hydrogen-bond acceptors (Lipinski definition) is 3. The Morgan fingerprint density at radius 3 is 2.67 bits per heavy atom. The third kappa shape index (κ3) is 2.72. The fourth-order valence-electron chi connectivity index (χ4n) is 2.63. The number of halogens is 1. The normalized spacial score (nSPS) is 17.8. The van der Waals surface area contributed by atoms with Gasteiger partial charge in [-0.15, -0.1) is 0 Å². The van der Waals surface area contributed by atoms with E-state index in [2.05, 4.69) is 22.0 Å². The number of methoxy groups -OCH3 is 2. The first-order valence-corrected chi connectivity index (χ1v) is 7.75. The van der Waals surface area contributed by atoms with Crippen LogP contribution in [0.5, 0.6) is 17.2 Å². The molecule has 2 atom stereocenters. The summed E-state index contributed by atoms with van der Waals surface area (Å²) in [4.78, 5) is 0.0370. The van der Waals surface area contributed by atoms with Gasteiger partial charge in [0.15, 0.2) is 0 Å². The van der Waals surface area contributed by atoms with Gasteiger partial charge in [-0.25, -0.2) is 0 Å². The fraction of sp³-hybridized carbons (Fsp3) is 0.294. The van der Waals surface area contributed by atoms with Gasteiger partial charge < -0.3 is 14.2 Å². The lowest BCUT2D eigenvalue weighted by molar-refractivity contribution is 0.230. The zero-order valence-corrected chi connectivity index (χ0v) is 13.6. The Hall–Kier alpha value is -1.68. The van der Waals surface area contributed by atoms with Gasteiger partial charge in [-0.3, -0.25) is 0 Å². The molecule has 0 saturated heterocycles. The van der Waals surface area contributed by atoms with Crippen molar-refractivity contribution in [1.29, 1.82) is 0 Å². The molecule has 0 radical (unpaired) electrons. The molecule has 3 rings (SSSR count). The van der Waals surface area contributed by atoms with Crippen LogP contribution in [0.25, 0.3) is 0 Å². The summed E-state index contributed by atoms with van der Waals surface area (Å²) < 4.78 is 16.8. The van der Waals surface area contributed by atoms with Crippen LogP contribution in [0.15, 0.2) is 42.5 Å². The van der Waals surface area contributed by atoms with Crippen molar-refractivity contribution < 1.29 is 14.2 Å². The van der Waals surface area contributed by atoms with Gasteiger partial charge in [0.1, 0.15) is 23.4 Å². The molecule has 110 valence electrons. The average Bonchev–Trinajstić information content (AvgIpc) is 2.97. The number of fused-ring (bicyclic) bond motifs is 1. The molecule has 1 heterocycles. The first kappa shape index (κ1) is 14.3. The van der Waals surface area contributed by atoms with Crippen molar-refractivity contribution >= 4 is 15.9 Å². The minimum Gasteiger partial charge on any atom is -0.497 e. The first-order valence-electron chi connectivity index (χ1n) is 6.83. The molecule has 0 amide bonds. The van der Waals surface area contributed by atoms with Crippen LogP contribution in [0.4, 0.5) is 0 Å². The molecule has 0 bridgehead atoms. The lowest BCUT2D eigenvalue weighted by atomic mass is 10.0. The summed E-state index contributed by atoms with van der Waals surface area (Å²) in [7, 11) is 3.34. The number of ether oxygens (including phenoxy) is 3. The molecule has 0 aromatic heterocycles. The summed E-state index contributed by atoms with van der Waals surface area (Å²) in [6, 6.07) is 14.0. The Balaban J connectivity index is 1.88.